The lowest BCUT2D eigenvalue weighted by Crippen LogP contribution is -2.23. The molecule has 0 saturated heterocycles. The van der Waals surface area contributed by atoms with Crippen molar-refractivity contribution >= 4 is 24.9 Å². The van der Waals surface area contributed by atoms with Crippen LogP contribution in [0.5, 0.6) is 5.75 Å². The molecule has 0 spiro atoms. The Balaban J connectivity index is 1.58. The molecule has 7 nitrogen and oxygen atoms in total. The number of hydrogen-bond acceptors (Lipinski definition) is 4. The van der Waals surface area contributed by atoms with Crippen LogP contribution in [0.4, 0.5) is 0 Å². The van der Waals surface area contributed by atoms with E-state index in [-0.39, 0.29) is 11.7 Å². The van der Waals surface area contributed by atoms with E-state index in [1.807, 2.05) is 37.3 Å². The summed E-state index contributed by atoms with van der Waals surface area (Å²) in [7, 11) is -4.65. The van der Waals surface area contributed by atoms with E-state index in [0.29, 0.717) is 17.6 Å². The van der Waals surface area contributed by atoms with Crippen LogP contribution in [0.3, 0.4) is 0 Å². The van der Waals surface area contributed by atoms with Crippen molar-refractivity contribution < 1.29 is 23.7 Å². The fourth-order valence-electron chi connectivity index (χ4n) is 4.80. The van der Waals surface area contributed by atoms with Crippen molar-refractivity contribution in [3.63, 3.8) is 0 Å². The van der Waals surface area contributed by atoms with E-state index in [1.54, 1.807) is 12.1 Å². The molecule has 0 radical (unpaired) electrons. The smallest absolute Gasteiger partial charge is 0.404 e. The Morgan fingerprint density at radius 3 is 2.38 bits per heavy atom. The van der Waals surface area contributed by atoms with E-state index in [0.717, 1.165) is 47.4 Å². The molecule has 5 rings (SSSR count). The maximum atomic E-state index is 13.7. The number of aromatic nitrogens is 2. The third kappa shape index (κ3) is 4.30. The van der Waals surface area contributed by atoms with Gasteiger partial charge in [-0.1, -0.05) is 54.1 Å². The predicted octanol–water partition coefficient (Wildman–Crippen LogP) is 5.65. The molecule has 34 heavy (non-hydrogen) atoms. The zero-order chi connectivity index (χ0) is 23.9. The van der Waals surface area contributed by atoms with Gasteiger partial charge in [-0.2, -0.15) is 9.78 Å². The Morgan fingerprint density at radius 2 is 1.74 bits per heavy atom. The molecule has 0 fully saturated rings. The van der Waals surface area contributed by atoms with Crippen LogP contribution < -0.4 is 4.52 Å². The Hall–Kier alpha value is -3.25. The first-order valence-electron chi connectivity index (χ1n) is 11.3. The van der Waals surface area contributed by atoms with Gasteiger partial charge in [0.15, 0.2) is 0 Å². The molecule has 1 aliphatic heterocycles. The number of carbonyl (C=O) groups is 1. The van der Waals surface area contributed by atoms with E-state index in [1.165, 1.54) is 28.8 Å². The number of fused-ring (bicyclic) bond motifs is 1. The van der Waals surface area contributed by atoms with Gasteiger partial charge in [0.2, 0.25) is 0 Å². The normalized spacial score (nSPS) is 16.3. The van der Waals surface area contributed by atoms with Crippen molar-refractivity contribution in [3.05, 3.63) is 83.1 Å². The third-order valence-electron chi connectivity index (χ3n) is 6.27. The first-order chi connectivity index (χ1) is 16.3. The number of allylic oxidation sites excluding steroid dienone is 4. The lowest BCUT2D eigenvalue weighted by molar-refractivity contribution is 0.0958. The number of nitrogens with zero attached hydrogens (tertiary/aromatic N) is 2. The highest BCUT2D eigenvalue weighted by Gasteiger charge is 2.32. The number of phosphoric acid groups is 1. The lowest BCUT2D eigenvalue weighted by Gasteiger charge is -2.21. The summed E-state index contributed by atoms with van der Waals surface area (Å²) in [6.45, 7) is 1.95. The van der Waals surface area contributed by atoms with Gasteiger partial charge in [0.05, 0.1) is 5.69 Å². The minimum Gasteiger partial charge on any atom is -0.404 e. The predicted molar refractivity (Wildman–Crippen MR) is 130 cm³/mol. The summed E-state index contributed by atoms with van der Waals surface area (Å²) < 4.78 is 17.3. The molecular weight excluding hydrogens is 451 g/mol. The van der Waals surface area contributed by atoms with Crippen LogP contribution in [-0.2, 0) is 11.0 Å². The quantitative estimate of drug-likeness (QED) is 0.462. The second kappa shape index (κ2) is 8.84. The highest BCUT2D eigenvalue weighted by Crippen LogP contribution is 2.41. The number of carbonyl (C=O) groups excluding carboxylic acids is 1. The van der Waals surface area contributed by atoms with E-state index in [2.05, 4.69) is 10.6 Å². The third-order valence-corrected chi connectivity index (χ3v) is 6.72. The molecule has 0 unspecified atom stereocenters. The number of rotatable bonds is 5. The van der Waals surface area contributed by atoms with Crippen molar-refractivity contribution in [1.82, 2.24) is 9.78 Å². The maximum absolute atomic E-state index is 13.7. The molecule has 0 amide bonds. The molecule has 0 atom stereocenters. The van der Waals surface area contributed by atoms with Gasteiger partial charge in [0.25, 0.3) is 5.91 Å². The topological polar surface area (TPSA) is 102 Å². The molecule has 2 aromatic carbocycles. The molecule has 8 heteroatoms. The number of hydrogen-bond donors (Lipinski definition) is 2. The van der Waals surface area contributed by atoms with Gasteiger partial charge >= 0.3 is 7.82 Å². The Bertz CT molecular complexity index is 1360. The summed E-state index contributed by atoms with van der Waals surface area (Å²) in [5, 5.41) is 4.82. The Morgan fingerprint density at radius 1 is 1.00 bits per heavy atom. The molecular formula is C26H25N2O5P. The number of phosphoric ester groups is 1. The van der Waals surface area contributed by atoms with Crippen LogP contribution in [0.25, 0.3) is 22.4 Å². The summed E-state index contributed by atoms with van der Waals surface area (Å²) >= 11 is 0. The fraction of sp³-hybridized carbons (Fsp3) is 0.231. The molecule has 0 bridgehead atoms. The van der Waals surface area contributed by atoms with Crippen LogP contribution >= 0.6 is 7.82 Å². The van der Waals surface area contributed by atoms with Crippen LogP contribution in [-0.4, -0.2) is 25.5 Å². The van der Waals surface area contributed by atoms with Gasteiger partial charge in [0, 0.05) is 23.1 Å². The van der Waals surface area contributed by atoms with E-state index in [4.69, 9.17) is 14.9 Å². The van der Waals surface area contributed by atoms with Crippen molar-refractivity contribution in [3.8, 4) is 17.0 Å². The van der Waals surface area contributed by atoms with Crippen molar-refractivity contribution in [1.29, 1.82) is 0 Å². The van der Waals surface area contributed by atoms with Crippen molar-refractivity contribution in [2.75, 3.05) is 0 Å². The highest BCUT2D eigenvalue weighted by atomic mass is 31.2. The van der Waals surface area contributed by atoms with Gasteiger partial charge in [-0.25, -0.2) is 4.57 Å². The average molecular weight is 476 g/mol. The molecule has 1 aromatic heterocycles. The summed E-state index contributed by atoms with van der Waals surface area (Å²) in [6, 6.07) is 16.1. The molecule has 174 valence electrons. The standard InChI is InChI=1S/C26H25N2O5P/c1-17-16-22-24(18-8-4-2-5-9-18)25(20-10-6-3-7-11-20)27-28(22)26(29)23(17)19-12-14-21(15-13-19)33-34(30,31)32/h3,6-8,10-15H,2,4-5,9,16H2,1H3,(H2,30,31,32). The molecule has 2 heterocycles. The average Bonchev–Trinajstić information content (AvgIpc) is 3.20. The van der Waals surface area contributed by atoms with Gasteiger partial charge in [-0.05, 0) is 55.9 Å². The monoisotopic (exact) mass is 476 g/mol. The molecule has 2 N–H and O–H groups in total. The summed E-state index contributed by atoms with van der Waals surface area (Å²) in [5.41, 5.74) is 7.19. The molecule has 0 saturated carbocycles. The number of benzene rings is 2. The molecule has 3 aromatic rings. The molecule has 1 aliphatic carbocycles. The lowest BCUT2D eigenvalue weighted by atomic mass is 9.87. The zero-order valence-corrected chi connectivity index (χ0v) is 19.7. The summed E-state index contributed by atoms with van der Waals surface area (Å²) in [5.74, 6) is -0.168. The van der Waals surface area contributed by atoms with Crippen LogP contribution in [0.2, 0.25) is 0 Å². The largest absolute Gasteiger partial charge is 0.524 e. The minimum atomic E-state index is -4.65. The minimum absolute atomic E-state index is 0.0382. The van der Waals surface area contributed by atoms with Gasteiger partial charge in [-0.15, -0.1) is 0 Å². The van der Waals surface area contributed by atoms with Crippen LogP contribution in [0, 0.1) is 0 Å². The Labute approximate surface area is 197 Å². The van der Waals surface area contributed by atoms with Crippen LogP contribution in [0.15, 0.2) is 66.2 Å². The second-order valence-electron chi connectivity index (χ2n) is 8.67. The SMILES string of the molecule is CC1=C(c2ccc(OP(=O)(O)O)cc2)C(=O)n2nc(-c3ccccc3)c(C3=CCCCC3)c2C1. The highest BCUT2D eigenvalue weighted by molar-refractivity contribution is 7.46. The summed E-state index contributed by atoms with van der Waals surface area (Å²) in [6.07, 6.45) is 7.19. The van der Waals surface area contributed by atoms with E-state index < -0.39 is 7.82 Å². The van der Waals surface area contributed by atoms with E-state index in [9.17, 15) is 9.36 Å². The summed E-state index contributed by atoms with van der Waals surface area (Å²) in [4.78, 5) is 31.7. The fourth-order valence-corrected chi connectivity index (χ4v) is 5.20. The first-order valence-corrected chi connectivity index (χ1v) is 12.8. The molecule has 2 aliphatic rings. The van der Waals surface area contributed by atoms with Crippen LogP contribution in [0.1, 0.15) is 54.2 Å². The Kier molecular flexibility index (Phi) is 5.86. The van der Waals surface area contributed by atoms with Crippen molar-refractivity contribution in [2.45, 2.75) is 39.0 Å². The van der Waals surface area contributed by atoms with Gasteiger partial charge in [-0.3, -0.25) is 14.6 Å². The second-order valence-corrected chi connectivity index (χ2v) is 9.83. The maximum Gasteiger partial charge on any atom is 0.524 e. The zero-order valence-electron chi connectivity index (χ0n) is 18.8. The first kappa shape index (κ1) is 22.5. The van der Waals surface area contributed by atoms with Crippen molar-refractivity contribution in [2.24, 2.45) is 0 Å². The van der Waals surface area contributed by atoms with Gasteiger partial charge in [0.1, 0.15) is 11.4 Å². The van der Waals surface area contributed by atoms with Gasteiger partial charge < -0.3 is 4.52 Å². The van der Waals surface area contributed by atoms with E-state index >= 15 is 0 Å².